The molecule has 2 fully saturated rings. The van der Waals surface area contributed by atoms with Crippen LogP contribution in [0.25, 0.3) is 0 Å². The lowest BCUT2D eigenvalue weighted by molar-refractivity contribution is 0.127. The van der Waals surface area contributed by atoms with E-state index in [0.717, 1.165) is 38.8 Å². The van der Waals surface area contributed by atoms with Gasteiger partial charge < -0.3 is 10.1 Å². The first kappa shape index (κ1) is 17.2. The van der Waals surface area contributed by atoms with E-state index in [1.807, 2.05) is 6.92 Å². The highest BCUT2D eigenvalue weighted by Gasteiger charge is 2.27. The molecule has 0 saturated carbocycles. The summed E-state index contributed by atoms with van der Waals surface area (Å²) in [7, 11) is -3.22. The van der Waals surface area contributed by atoms with E-state index in [9.17, 15) is 8.42 Å². The Hall–Kier alpha value is 0.120. The number of ether oxygens (including phenoxy) is 1. The molecule has 0 aromatic heterocycles. The number of sulfonamides is 1. The highest BCUT2D eigenvalue weighted by atomic mass is 35.5. The third-order valence-corrected chi connectivity index (χ3v) is 5.38. The van der Waals surface area contributed by atoms with Crippen molar-refractivity contribution in [2.75, 3.05) is 25.4 Å². The monoisotopic (exact) mass is 312 g/mol. The van der Waals surface area contributed by atoms with E-state index < -0.39 is 10.0 Å². The van der Waals surface area contributed by atoms with Crippen molar-refractivity contribution in [2.24, 2.45) is 5.92 Å². The molecule has 5 nitrogen and oxygen atoms in total. The first-order chi connectivity index (χ1) is 8.57. The summed E-state index contributed by atoms with van der Waals surface area (Å²) in [6, 6.07) is 0.00389. The molecule has 0 aromatic rings. The molecule has 114 valence electrons. The maximum Gasteiger partial charge on any atom is 0.214 e. The number of hydrogen-bond acceptors (Lipinski definition) is 4. The van der Waals surface area contributed by atoms with Gasteiger partial charge in [-0.1, -0.05) is 0 Å². The molecule has 0 amide bonds. The minimum absolute atomic E-state index is 0. The topological polar surface area (TPSA) is 67.4 Å². The van der Waals surface area contributed by atoms with Crippen molar-refractivity contribution in [1.82, 2.24) is 10.0 Å². The van der Waals surface area contributed by atoms with Gasteiger partial charge >= 0.3 is 0 Å². The molecule has 0 radical (unpaired) electrons. The molecule has 0 bridgehead atoms. The van der Waals surface area contributed by atoms with Crippen LogP contribution in [0.3, 0.4) is 0 Å². The zero-order chi connectivity index (χ0) is 13.0. The quantitative estimate of drug-likeness (QED) is 0.791. The maximum absolute atomic E-state index is 12.0. The molecule has 3 unspecified atom stereocenters. The van der Waals surface area contributed by atoms with Gasteiger partial charge in [0.1, 0.15) is 0 Å². The largest absolute Gasteiger partial charge is 0.377 e. The third kappa shape index (κ3) is 5.55. The van der Waals surface area contributed by atoms with Crippen LogP contribution in [-0.2, 0) is 14.8 Å². The van der Waals surface area contributed by atoms with Gasteiger partial charge in [0.15, 0.2) is 0 Å². The van der Waals surface area contributed by atoms with Crippen molar-refractivity contribution in [3.8, 4) is 0 Å². The number of hydrogen-bond donors (Lipinski definition) is 2. The Morgan fingerprint density at radius 2 is 2.16 bits per heavy atom. The lowest BCUT2D eigenvalue weighted by Crippen LogP contribution is -2.46. The van der Waals surface area contributed by atoms with Crippen LogP contribution >= 0.6 is 12.4 Å². The second kappa shape index (κ2) is 7.78. The summed E-state index contributed by atoms with van der Waals surface area (Å²) in [5.74, 6) is 0.510. The fraction of sp³-hybridized carbons (Fsp3) is 1.00. The smallest absolute Gasteiger partial charge is 0.214 e. The summed E-state index contributed by atoms with van der Waals surface area (Å²) >= 11 is 0. The van der Waals surface area contributed by atoms with E-state index in [4.69, 9.17) is 4.74 Å². The zero-order valence-electron chi connectivity index (χ0n) is 11.4. The van der Waals surface area contributed by atoms with Gasteiger partial charge in [-0.3, -0.25) is 0 Å². The van der Waals surface area contributed by atoms with E-state index >= 15 is 0 Å². The fourth-order valence-electron chi connectivity index (χ4n) is 2.75. The van der Waals surface area contributed by atoms with Crippen molar-refractivity contribution in [3.05, 3.63) is 0 Å². The standard InChI is InChI=1S/C12H24N2O3S.ClH/c1-10(11-4-2-6-13-8-11)14-18(15,16)9-12-5-3-7-17-12;/h10-14H,2-9H2,1H3;1H. The molecule has 0 spiro atoms. The molecule has 2 heterocycles. The minimum atomic E-state index is -3.22. The first-order valence-electron chi connectivity index (χ1n) is 6.89. The predicted octanol–water partition coefficient (Wildman–Crippen LogP) is 0.895. The van der Waals surface area contributed by atoms with Gasteiger partial charge in [-0.25, -0.2) is 13.1 Å². The van der Waals surface area contributed by atoms with Gasteiger partial charge in [0.25, 0.3) is 0 Å². The van der Waals surface area contributed by atoms with E-state index in [0.29, 0.717) is 12.5 Å². The highest BCUT2D eigenvalue weighted by molar-refractivity contribution is 7.89. The van der Waals surface area contributed by atoms with Crippen LogP contribution in [0.4, 0.5) is 0 Å². The van der Waals surface area contributed by atoms with E-state index in [2.05, 4.69) is 10.0 Å². The molecular formula is C12H25ClN2O3S. The molecule has 2 aliphatic heterocycles. The zero-order valence-corrected chi connectivity index (χ0v) is 13.1. The van der Waals surface area contributed by atoms with Gasteiger partial charge in [0, 0.05) is 12.6 Å². The molecule has 0 aromatic carbocycles. The Labute approximate surface area is 122 Å². The van der Waals surface area contributed by atoms with E-state index in [1.165, 1.54) is 0 Å². The number of piperidine rings is 1. The average Bonchev–Trinajstić information content (AvgIpc) is 2.81. The van der Waals surface area contributed by atoms with Crippen molar-refractivity contribution in [3.63, 3.8) is 0 Å². The highest BCUT2D eigenvalue weighted by Crippen LogP contribution is 2.17. The fourth-order valence-corrected chi connectivity index (χ4v) is 4.36. The summed E-state index contributed by atoms with van der Waals surface area (Å²) in [5, 5.41) is 3.32. The van der Waals surface area contributed by atoms with Crippen LogP contribution in [0.15, 0.2) is 0 Å². The molecule has 3 atom stereocenters. The maximum atomic E-state index is 12.0. The molecule has 2 rings (SSSR count). The lowest BCUT2D eigenvalue weighted by atomic mass is 9.94. The lowest BCUT2D eigenvalue weighted by Gasteiger charge is -2.29. The third-order valence-electron chi connectivity index (χ3n) is 3.84. The second-order valence-electron chi connectivity index (χ2n) is 5.43. The van der Waals surface area contributed by atoms with Gasteiger partial charge in [0.05, 0.1) is 11.9 Å². The summed E-state index contributed by atoms with van der Waals surface area (Å²) in [6.07, 6.45) is 3.95. The Morgan fingerprint density at radius 1 is 1.37 bits per heavy atom. The van der Waals surface area contributed by atoms with Crippen LogP contribution in [-0.4, -0.2) is 46.0 Å². The molecule has 2 aliphatic rings. The normalized spacial score (nSPS) is 29.7. The van der Waals surface area contributed by atoms with Crippen LogP contribution < -0.4 is 10.0 Å². The summed E-state index contributed by atoms with van der Waals surface area (Å²) in [4.78, 5) is 0. The number of halogens is 1. The average molecular weight is 313 g/mol. The van der Waals surface area contributed by atoms with Crippen molar-refractivity contribution >= 4 is 22.4 Å². The molecule has 2 saturated heterocycles. The first-order valence-corrected chi connectivity index (χ1v) is 8.54. The van der Waals surface area contributed by atoms with E-state index in [1.54, 1.807) is 0 Å². The second-order valence-corrected chi connectivity index (χ2v) is 7.23. The van der Waals surface area contributed by atoms with Crippen molar-refractivity contribution in [2.45, 2.75) is 44.8 Å². The molecule has 7 heteroatoms. The van der Waals surface area contributed by atoms with Crippen molar-refractivity contribution < 1.29 is 13.2 Å². The van der Waals surface area contributed by atoms with Gasteiger partial charge in [-0.15, -0.1) is 12.4 Å². The minimum Gasteiger partial charge on any atom is -0.377 e. The van der Waals surface area contributed by atoms with Crippen LogP contribution in [0.1, 0.15) is 32.6 Å². The van der Waals surface area contributed by atoms with Crippen LogP contribution in [0.5, 0.6) is 0 Å². The summed E-state index contributed by atoms with van der Waals surface area (Å²) in [6.45, 7) is 4.61. The Bertz CT molecular complexity index is 352. The SMILES string of the molecule is CC(NS(=O)(=O)CC1CCCO1)C1CCCNC1.Cl. The Balaban J connectivity index is 0.00000180. The predicted molar refractivity (Wildman–Crippen MR) is 78.2 cm³/mol. The number of rotatable bonds is 5. The van der Waals surface area contributed by atoms with E-state index in [-0.39, 0.29) is 30.3 Å². The Morgan fingerprint density at radius 3 is 2.74 bits per heavy atom. The number of nitrogens with one attached hydrogen (secondary N) is 2. The summed E-state index contributed by atoms with van der Waals surface area (Å²) in [5.41, 5.74) is 0. The summed E-state index contributed by atoms with van der Waals surface area (Å²) < 4.78 is 32.2. The van der Waals surface area contributed by atoms with Crippen LogP contribution in [0, 0.1) is 5.92 Å². The van der Waals surface area contributed by atoms with Crippen molar-refractivity contribution in [1.29, 1.82) is 0 Å². The molecule has 2 N–H and O–H groups in total. The van der Waals surface area contributed by atoms with Gasteiger partial charge in [0.2, 0.25) is 10.0 Å². The molecule has 0 aliphatic carbocycles. The molecule has 19 heavy (non-hydrogen) atoms. The Kier molecular flexibility index (Phi) is 7.04. The van der Waals surface area contributed by atoms with Crippen LogP contribution in [0.2, 0.25) is 0 Å². The van der Waals surface area contributed by atoms with Gasteiger partial charge in [-0.2, -0.15) is 0 Å². The van der Waals surface area contributed by atoms with Gasteiger partial charge in [-0.05, 0) is 51.6 Å². The molecular weight excluding hydrogens is 288 g/mol.